The standard InChI is InChI=1S/C33H39N7O5S2/c1-5-17(2)25-32-37-22(16-47-32)27(41)34-18(3)31-36-23(15-46-31)28(42)35-21(14-20-10-7-6-8-11-20)33(44)40-13-9-12-24(40)30-39-26(19(4)45-30)29(43)38-25/h6-8,10-11,15-19,21,24-26H,5,9,12-14H2,1-4H3,(H,34,41)(H,35,42)(H,38,43)/t17-,18+,19+,21-,24+,25-,26-/m0/s1. The Hall–Kier alpha value is -4.17. The van der Waals surface area contributed by atoms with Crippen molar-refractivity contribution in [2.45, 2.75) is 89.7 Å². The van der Waals surface area contributed by atoms with Gasteiger partial charge in [0.25, 0.3) is 11.8 Å². The first-order valence-corrected chi connectivity index (χ1v) is 17.8. The minimum Gasteiger partial charge on any atom is -0.474 e. The molecule has 3 aliphatic rings. The second-order valence-electron chi connectivity index (χ2n) is 12.3. The number of benzene rings is 1. The lowest BCUT2D eigenvalue weighted by Gasteiger charge is -2.29. The number of hydrogen-bond acceptors (Lipinski definition) is 10. The molecule has 0 aliphatic carbocycles. The molecule has 0 unspecified atom stereocenters. The SMILES string of the molecule is CC[C@H](C)[C@@H]1NC(=O)[C@H]2N=C(O[C@@H]2C)[C@H]2CCCN2C(=O)[C@H](Cc2ccccc2)NC(=O)c2csc(n2)[C@@H](C)NC(=O)c2csc1n2. The molecule has 0 radical (unpaired) electrons. The molecule has 1 aromatic carbocycles. The van der Waals surface area contributed by atoms with Crippen molar-refractivity contribution < 1.29 is 23.9 Å². The van der Waals surface area contributed by atoms with Crippen molar-refractivity contribution >= 4 is 52.2 Å². The molecule has 3 N–H and O–H groups in total. The summed E-state index contributed by atoms with van der Waals surface area (Å²) in [4.78, 5) is 70.3. The Kier molecular flexibility index (Phi) is 9.69. The van der Waals surface area contributed by atoms with Crippen molar-refractivity contribution in [2.24, 2.45) is 10.9 Å². The van der Waals surface area contributed by atoms with Crippen LogP contribution in [0.3, 0.4) is 0 Å². The van der Waals surface area contributed by atoms with Crippen LogP contribution in [0.5, 0.6) is 0 Å². The number of amides is 4. The number of nitrogens with zero attached hydrogens (tertiary/aromatic N) is 4. The van der Waals surface area contributed by atoms with Crippen LogP contribution in [0, 0.1) is 5.92 Å². The molecule has 14 heteroatoms. The molecular weight excluding hydrogens is 639 g/mol. The summed E-state index contributed by atoms with van der Waals surface area (Å²) in [5.41, 5.74) is 1.29. The molecule has 6 rings (SSSR count). The lowest BCUT2D eigenvalue weighted by Crippen LogP contribution is -2.52. The van der Waals surface area contributed by atoms with Crippen molar-refractivity contribution in [1.82, 2.24) is 30.8 Å². The molecule has 1 saturated heterocycles. The zero-order valence-corrected chi connectivity index (χ0v) is 28.4. The first-order chi connectivity index (χ1) is 22.6. The number of carbonyl (C=O) groups excluding carboxylic acids is 4. The summed E-state index contributed by atoms with van der Waals surface area (Å²) in [6, 6.07) is 6.43. The second kappa shape index (κ2) is 13.9. The number of nitrogens with one attached hydrogen (secondary N) is 3. The minimum absolute atomic E-state index is 0.0332. The third-order valence-corrected chi connectivity index (χ3v) is 11.0. The van der Waals surface area contributed by atoms with E-state index in [0.29, 0.717) is 28.9 Å². The Morgan fingerprint density at radius 1 is 0.957 bits per heavy atom. The van der Waals surface area contributed by atoms with Crippen LogP contribution >= 0.6 is 22.7 Å². The second-order valence-corrected chi connectivity index (χ2v) is 14.1. The molecule has 1 fully saturated rings. The van der Waals surface area contributed by atoms with Gasteiger partial charge in [-0.05, 0) is 38.2 Å². The van der Waals surface area contributed by atoms with E-state index in [1.807, 2.05) is 44.2 Å². The Morgan fingerprint density at radius 3 is 2.36 bits per heavy atom. The van der Waals surface area contributed by atoms with Crippen molar-refractivity contribution in [1.29, 1.82) is 0 Å². The van der Waals surface area contributed by atoms with E-state index in [2.05, 4.69) is 25.9 Å². The Bertz CT molecular complexity index is 1670. The molecule has 5 heterocycles. The van der Waals surface area contributed by atoms with Gasteiger partial charge in [-0.3, -0.25) is 19.2 Å². The number of aromatic nitrogens is 2. The van der Waals surface area contributed by atoms with Crippen LogP contribution in [0.1, 0.15) is 95.6 Å². The summed E-state index contributed by atoms with van der Waals surface area (Å²) in [5, 5.41) is 13.5. The quantitative estimate of drug-likeness (QED) is 0.379. The van der Waals surface area contributed by atoms with Gasteiger partial charge in [-0.2, -0.15) is 0 Å². The molecule has 248 valence electrons. The number of ether oxygens (including phenoxy) is 1. The van der Waals surface area contributed by atoms with Crippen molar-refractivity contribution in [3.8, 4) is 0 Å². The highest BCUT2D eigenvalue weighted by Crippen LogP contribution is 2.30. The van der Waals surface area contributed by atoms with E-state index in [4.69, 9.17) is 9.73 Å². The normalized spacial score (nSPS) is 27.5. The lowest BCUT2D eigenvalue weighted by atomic mass is 9.99. The van der Waals surface area contributed by atoms with Crippen molar-refractivity contribution in [2.75, 3.05) is 6.54 Å². The number of hydrogen-bond donors (Lipinski definition) is 3. The fourth-order valence-corrected chi connectivity index (χ4v) is 7.90. The van der Waals surface area contributed by atoms with Gasteiger partial charge >= 0.3 is 0 Å². The summed E-state index contributed by atoms with van der Waals surface area (Å²) in [6.45, 7) is 8.13. The maximum absolute atomic E-state index is 14.2. The van der Waals surface area contributed by atoms with Gasteiger partial charge in [0.2, 0.25) is 17.7 Å². The highest BCUT2D eigenvalue weighted by molar-refractivity contribution is 7.10. The summed E-state index contributed by atoms with van der Waals surface area (Å²) in [7, 11) is 0. The maximum atomic E-state index is 14.2. The van der Waals surface area contributed by atoms with Crippen LogP contribution in [0.15, 0.2) is 46.1 Å². The molecule has 6 bridgehead atoms. The largest absolute Gasteiger partial charge is 0.474 e. The summed E-state index contributed by atoms with van der Waals surface area (Å²) < 4.78 is 6.17. The summed E-state index contributed by atoms with van der Waals surface area (Å²) in [6.07, 6.45) is 1.87. The van der Waals surface area contributed by atoms with E-state index in [9.17, 15) is 19.2 Å². The molecule has 0 spiro atoms. The number of carbonyl (C=O) groups is 4. The third-order valence-electron chi connectivity index (χ3n) is 9.00. The predicted octanol–water partition coefficient (Wildman–Crippen LogP) is 3.83. The maximum Gasteiger partial charge on any atom is 0.271 e. The van der Waals surface area contributed by atoms with Gasteiger partial charge < -0.3 is 25.6 Å². The number of thiazole rings is 2. The van der Waals surface area contributed by atoms with Gasteiger partial charge in [-0.25, -0.2) is 15.0 Å². The predicted molar refractivity (Wildman–Crippen MR) is 178 cm³/mol. The summed E-state index contributed by atoms with van der Waals surface area (Å²) in [5.74, 6) is -1.04. The van der Waals surface area contributed by atoms with Crippen LogP contribution in [0.2, 0.25) is 0 Å². The van der Waals surface area contributed by atoms with E-state index in [1.165, 1.54) is 22.7 Å². The van der Waals surface area contributed by atoms with E-state index >= 15 is 0 Å². The van der Waals surface area contributed by atoms with Crippen molar-refractivity contribution in [3.63, 3.8) is 0 Å². The first-order valence-electron chi connectivity index (χ1n) is 16.0. The highest BCUT2D eigenvalue weighted by Gasteiger charge is 2.43. The molecule has 12 nitrogen and oxygen atoms in total. The average molecular weight is 678 g/mol. The van der Waals surface area contributed by atoms with Gasteiger partial charge in [-0.1, -0.05) is 50.6 Å². The topological polar surface area (TPSA) is 155 Å². The van der Waals surface area contributed by atoms with Gasteiger partial charge in [0.15, 0.2) is 6.04 Å². The van der Waals surface area contributed by atoms with E-state index in [-0.39, 0.29) is 41.4 Å². The van der Waals surface area contributed by atoms with Gasteiger partial charge in [0.05, 0.1) is 12.1 Å². The zero-order valence-electron chi connectivity index (χ0n) is 26.8. The highest BCUT2D eigenvalue weighted by atomic mass is 32.1. The lowest BCUT2D eigenvalue weighted by molar-refractivity contribution is -0.133. The smallest absolute Gasteiger partial charge is 0.271 e. The fourth-order valence-electron chi connectivity index (χ4n) is 6.11. The van der Waals surface area contributed by atoms with E-state index in [0.717, 1.165) is 18.4 Å². The molecule has 3 aromatic rings. The van der Waals surface area contributed by atoms with Crippen molar-refractivity contribution in [3.05, 3.63) is 68.1 Å². The van der Waals surface area contributed by atoms with Crippen LogP contribution in [0.4, 0.5) is 0 Å². The minimum atomic E-state index is -0.879. The fraction of sp³-hybridized carbons (Fsp3) is 0.485. The molecule has 2 aromatic heterocycles. The molecule has 47 heavy (non-hydrogen) atoms. The molecule has 7 atom stereocenters. The van der Waals surface area contributed by atoms with Crippen LogP contribution in [-0.2, 0) is 20.7 Å². The molecule has 4 amide bonds. The van der Waals surface area contributed by atoms with Gasteiger partial charge in [0.1, 0.15) is 39.6 Å². The molecule has 3 aliphatic heterocycles. The first kappa shape index (κ1) is 32.8. The Labute approximate surface area is 281 Å². The van der Waals surface area contributed by atoms with Crippen LogP contribution in [-0.4, -0.2) is 75.2 Å². The third kappa shape index (κ3) is 6.93. The Morgan fingerprint density at radius 2 is 1.64 bits per heavy atom. The number of fused-ring (bicyclic) bond motifs is 7. The van der Waals surface area contributed by atoms with Crippen LogP contribution in [0.25, 0.3) is 0 Å². The average Bonchev–Trinajstić information content (AvgIpc) is 3.89. The molecular formula is C33H39N7O5S2. The van der Waals surface area contributed by atoms with Gasteiger partial charge in [0, 0.05) is 23.7 Å². The monoisotopic (exact) mass is 677 g/mol. The van der Waals surface area contributed by atoms with E-state index < -0.39 is 42.2 Å². The Balaban J connectivity index is 1.37. The summed E-state index contributed by atoms with van der Waals surface area (Å²) >= 11 is 2.57. The van der Waals surface area contributed by atoms with Crippen LogP contribution < -0.4 is 16.0 Å². The number of aliphatic imine (C=N–C) groups is 1. The van der Waals surface area contributed by atoms with E-state index in [1.54, 1.807) is 29.5 Å². The molecule has 0 saturated carbocycles. The zero-order chi connectivity index (χ0) is 33.2. The van der Waals surface area contributed by atoms with Gasteiger partial charge in [-0.15, -0.1) is 22.7 Å². The number of rotatable bonds is 4.